The van der Waals surface area contributed by atoms with Gasteiger partial charge >= 0.3 is 5.69 Å². The third-order valence-electron chi connectivity index (χ3n) is 2.74. The number of non-ortho nitro benzene ring substituents is 1. The largest absolute Gasteiger partial charge is 0.301 e. The molecule has 10 heteroatoms. The molecular weight excluding hydrogens is 347 g/mol. The molecule has 0 atom stereocenters. The van der Waals surface area contributed by atoms with Crippen LogP contribution >= 0.6 is 23.2 Å². The molecule has 1 N–H and O–H groups in total. The predicted molar refractivity (Wildman–Crippen MR) is 87.4 cm³/mol. The second kappa shape index (κ2) is 7.03. The standard InChI is InChI=1S/C13H8Cl2N4O4/c14-9-2-1-8(11(15)5-9)7-16-17-12-4-3-10(18(20)21)6-13(12)19(22)23/h1-7,17H. The molecule has 2 aromatic rings. The Morgan fingerprint density at radius 3 is 2.39 bits per heavy atom. The van der Waals surface area contributed by atoms with Crippen LogP contribution in [0, 0.1) is 20.2 Å². The number of benzene rings is 2. The van der Waals surface area contributed by atoms with Crippen molar-refractivity contribution in [2.24, 2.45) is 5.10 Å². The molecule has 0 heterocycles. The number of hydrazone groups is 1. The van der Waals surface area contributed by atoms with Crippen LogP contribution in [0.15, 0.2) is 41.5 Å². The van der Waals surface area contributed by atoms with Crippen molar-refractivity contribution >= 4 is 46.5 Å². The molecular formula is C13H8Cl2N4O4. The van der Waals surface area contributed by atoms with Crippen LogP contribution in [-0.2, 0) is 0 Å². The van der Waals surface area contributed by atoms with Crippen molar-refractivity contribution in [1.29, 1.82) is 0 Å². The molecule has 0 aliphatic heterocycles. The molecule has 118 valence electrons. The van der Waals surface area contributed by atoms with Gasteiger partial charge in [-0.15, -0.1) is 0 Å². The van der Waals surface area contributed by atoms with E-state index in [9.17, 15) is 20.2 Å². The van der Waals surface area contributed by atoms with Crippen molar-refractivity contribution in [2.45, 2.75) is 0 Å². The van der Waals surface area contributed by atoms with E-state index in [1.165, 1.54) is 18.3 Å². The molecule has 2 aromatic carbocycles. The van der Waals surface area contributed by atoms with E-state index in [0.717, 1.165) is 12.1 Å². The first-order chi connectivity index (χ1) is 10.9. The van der Waals surface area contributed by atoms with E-state index in [1.807, 2.05) is 0 Å². The lowest BCUT2D eigenvalue weighted by Crippen LogP contribution is -1.98. The average molecular weight is 355 g/mol. The maximum atomic E-state index is 11.0. The smallest absolute Gasteiger partial charge is 0.272 e. The fourth-order valence-electron chi connectivity index (χ4n) is 1.66. The highest BCUT2D eigenvalue weighted by atomic mass is 35.5. The van der Waals surface area contributed by atoms with E-state index in [1.54, 1.807) is 12.1 Å². The fraction of sp³-hybridized carbons (Fsp3) is 0. The number of rotatable bonds is 5. The zero-order valence-electron chi connectivity index (χ0n) is 11.3. The van der Waals surface area contributed by atoms with Gasteiger partial charge in [-0.3, -0.25) is 25.7 Å². The molecule has 0 aromatic heterocycles. The summed E-state index contributed by atoms with van der Waals surface area (Å²) in [6.45, 7) is 0. The van der Waals surface area contributed by atoms with Crippen molar-refractivity contribution in [3.8, 4) is 0 Å². The summed E-state index contributed by atoms with van der Waals surface area (Å²) in [6, 6.07) is 7.96. The van der Waals surface area contributed by atoms with Gasteiger partial charge in [-0.25, -0.2) is 0 Å². The molecule has 23 heavy (non-hydrogen) atoms. The van der Waals surface area contributed by atoms with Gasteiger partial charge < -0.3 is 0 Å². The van der Waals surface area contributed by atoms with Crippen LogP contribution in [0.1, 0.15) is 5.56 Å². The maximum absolute atomic E-state index is 11.0. The summed E-state index contributed by atoms with van der Waals surface area (Å²) < 4.78 is 0. The monoisotopic (exact) mass is 354 g/mol. The SMILES string of the molecule is O=[N+]([O-])c1ccc(NN=Cc2ccc(Cl)cc2Cl)c([N+](=O)[O-])c1. The van der Waals surface area contributed by atoms with Crippen LogP contribution in [0.2, 0.25) is 10.0 Å². The van der Waals surface area contributed by atoms with Gasteiger partial charge in [0.1, 0.15) is 5.69 Å². The number of halogens is 2. The topological polar surface area (TPSA) is 111 Å². The molecule has 0 unspecified atom stereocenters. The summed E-state index contributed by atoms with van der Waals surface area (Å²) in [5.41, 5.74) is 2.19. The Morgan fingerprint density at radius 2 is 1.78 bits per heavy atom. The van der Waals surface area contributed by atoms with Crippen molar-refractivity contribution in [2.75, 3.05) is 5.43 Å². The second-order valence-corrected chi connectivity index (χ2v) is 5.10. The van der Waals surface area contributed by atoms with Gasteiger partial charge in [-0.2, -0.15) is 5.10 Å². The number of nitrogens with zero attached hydrogens (tertiary/aromatic N) is 3. The molecule has 0 fully saturated rings. The lowest BCUT2D eigenvalue weighted by Gasteiger charge is -2.02. The van der Waals surface area contributed by atoms with E-state index in [4.69, 9.17) is 23.2 Å². The van der Waals surface area contributed by atoms with Crippen LogP contribution in [0.25, 0.3) is 0 Å². The second-order valence-electron chi connectivity index (χ2n) is 4.25. The highest BCUT2D eigenvalue weighted by Gasteiger charge is 2.19. The first-order valence-corrected chi connectivity index (χ1v) is 6.81. The number of nitro groups is 2. The van der Waals surface area contributed by atoms with Crippen molar-refractivity contribution in [1.82, 2.24) is 0 Å². The van der Waals surface area contributed by atoms with Gasteiger partial charge in [-0.05, 0) is 18.2 Å². The molecule has 0 amide bonds. The minimum atomic E-state index is -0.736. The van der Waals surface area contributed by atoms with E-state index < -0.39 is 15.5 Å². The van der Waals surface area contributed by atoms with Crippen molar-refractivity contribution in [3.63, 3.8) is 0 Å². The molecule has 2 rings (SSSR count). The summed E-state index contributed by atoms with van der Waals surface area (Å²) in [4.78, 5) is 20.2. The number of hydrogen-bond donors (Lipinski definition) is 1. The van der Waals surface area contributed by atoms with E-state index in [0.29, 0.717) is 15.6 Å². The molecule has 8 nitrogen and oxygen atoms in total. The number of nitro benzene ring substituents is 2. The summed E-state index contributed by atoms with van der Waals surface area (Å²) in [5, 5.41) is 26.3. The first kappa shape index (κ1) is 16.7. The van der Waals surface area contributed by atoms with Gasteiger partial charge in [0.25, 0.3) is 5.69 Å². The van der Waals surface area contributed by atoms with E-state index in [2.05, 4.69) is 10.5 Å². The quantitative estimate of drug-likeness (QED) is 0.489. The zero-order chi connectivity index (χ0) is 17.0. The number of nitrogens with one attached hydrogen (secondary N) is 1. The summed E-state index contributed by atoms with van der Waals surface area (Å²) in [6.07, 6.45) is 1.35. The average Bonchev–Trinajstić information content (AvgIpc) is 2.49. The molecule has 0 aliphatic rings. The lowest BCUT2D eigenvalue weighted by atomic mass is 10.2. The molecule has 0 spiro atoms. The first-order valence-electron chi connectivity index (χ1n) is 6.05. The van der Waals surface area contributed by atoms with E-state index >= 15 is 0 Å². The molecule has 0 aliphatic carbocycles. The van der Waals surface area contributed by atoms with Gasteiger partial charge in [0, 0.05) is 16.7 Å². The van der Waals surface area contributed by atoms with Crippen LogP contribution < -0.4 is 5.43 Å². The van der Waals surface area contributed by atoms with Gasteiger partial charge in [-0.1, -0.05) is 29.3 Å². The van der Waals surface area contributed by atoms with Crippen molar-refractivity contribution in [3.05, 3.63) is 72.2 Å². The summed E-state index contributed by atoms with van der Waals surface area (Å²) in [5.74, 6) is 0. The Hall–Kier alpha value is -2.71. The normalized spacial score (nSPS) is 10.7. The van der Waals surface area contributed by atoms with Gasteiger partial charge in [0.15, 0.2) is 0 Å². The summed E-state index contributed by atoms with van der Waals surface area (Å²) >= 11 is 11.7. The third kappa shape index (κ3) is 4.15. The molecule has 0 saturated carbocycles. The Kier molecular flexibility index (Phi) is 5.09. The highest BCUT2D eigenvalue weighted by molar-refractivity contribution is 6.36. The minimum absolute atomic E-state index is 0.0157. The Balaban J connectivity index is 2.24. The summed E-state index contributed by atoms with van der Waals surface area (Å²) in [7, 11) is 0. The van der Waals surface area contributed by atoms with Crippen LogP contribution in [0.4, 0.5) is 17.1 Å². The number of anilines is 1. The van der Waals surface area contributed by atoms with Gasteiger partial charge in [0.2, 0.25) is 0 Å². The number of hydrogen-bond acceptors (Lipinski definition) is 6. The van der Waals surface area contributed by atoms with Crippen LogP contribution in [-0.4, -0.2) is 16.1 Å². The third-order valence-corrected chi connectivity index (χ3v) is 3.30. The zero-order valence-corrected chi connectivity index (χ0v) is 12.8. The maximum Gasteiger partial charge on any atom is 0.301 e. The predicted octanol–water partition coefficient (Wildman–Crippen LogP) is 4.26. The molecule has 0 bridgehead atoms. The van der Waals surface area contributed by atoms with E-state index in [-0.39, 0.29) is 11.4 Å². The van der Waals surface area contributed by atoms with Crippen LogP contribution in [0.3, 0.4) is 0 Å². The Morgan fingerprint density at radius 1 is 1.04 bits per heavy atom. The molecule has 0 saturated heterocycles. The van der Waals surface area contributed by atoms with Crippen molar-refractivity contribution < 1.29 is 9.85 Å². The Bertz CT molecular complexity index is 811. The molecule has 0 radical (unpaired) electrons. The fourth-order valence-corrected chi connectivity index (χ4v) is 2.11. The Labute approximate surface area is 139 Å². The highest BCUT2D eigenvalue weighted by Crippen LogP contribution is 2.29. The van der Waals surface area contributed by atoms with Crippen LogP contribution in [0.5, 0.6) is 0 Å². The van der Waals surface area contributed by atoms with Gasteiger partial charge in [0.05, 0.1) is 27.2 Å². The lowest BCUT2D eigenvalue weighted by molar-refractivity contribution is -0.393. The minimum Gasteiger partial charge on any atom is -0.272 e.